The second-order valence-corrected chi connectivity index (χ2v) is 18.1. The van der Waals surface area contributed by atoms with E-state index in [1.54, 1.807) is 0 Å². The third kappa shape index (κ3) is 48.2. The summed E-state index contributed by atoms with van der Waals surface area (Å²) in [6, 6.07) is 0. The van der Waals surface area contributed by atoms with Gasteiger partial charge in [0.25, 0.3) is 6.29 Å². The van der Waals surface area contributed by atoms with E-state index >= 15 is 0 Å². The number of ether oxygens (including phenoxy) is 4. The van der Waals surface area contributed by atoms with E-state index in [-0.39, 0.29) is 32.2 Å². The van der Waals surface area contributed by atoms with Crippen LogP contribution in [0.3, 0.4) is 0 Å². The molecule has 9 nitrogen and oxygen atoms in total. The molecule has 0 aromatic heterocycles. The monoisotopic (exact) mass is 923 g/mol. The summed E-state index contributed by atoms with van der Waals surface area (Å²) < 4.78 is 22.7. The SMILES string of the molecule is CC/C=C\C/C=C\C/C=C\C/C=C\C/C=C\C/C=C\C/C=C\C/C=C\CCCCCCCCCCC(=O)OC(COC(=O)CCCCCCCCCC)COC(OCC[N+](C)(C)C)C(=O)O. The summed E-state index contributed by atoms with van der Waals surface area (Å²) in [5.41, 5.74) is 0. The molecule has 0 bridgehead atoms. The largest absolute Gasteiger partial charge is 0.477 e. The molecular formula is C57H96NO8+. The van der Waals surface area contributed by atoms with E-state index in [0.29, 0.717) is 23.9 Å². The minimum absolute atomic E-state index is 0.182. The van der Waals surface area contributed by atoms with Gasteiger partial charge in [0.1, 0.15) is 13.2 Å². The Morgan fingerprint density at radius 3 is 1.29 bits per heavy atom. The predicted molar refractivity (Wildman–Crippen MR) is 276 cm³/mol. The Labute approximate surface area is 403 Å². The summed E-state index contributed by atoms with van der Waals surface area (Å²) in [6.45, 7) is 4.69. The van der Waals surface area contributed by atoms with Gasteiger partial charge in [0, 0.05) is 12.8 Å². The fourth-order valence-electron chi connectivity index (χ4n) is 6.62. The second kappa shape index (κ2) is 47.7. The van der Waals surface area contributed by atoms with Crippen molar-refractivity contribution in [3.05, 3.63) is 97.2 Å². The molecule has 0 aliphatic heterocycles. The van der Waals surface area contributed by atoms with Crippen LogP contribution in [-0.2, 0) is 33.3 Å². The van der Waals surface area contributed by atoms with E-state index in [2.05, 4.69) is 111 Å². The lowest BCUT2D eigenvalue weighted by molar-refractivity contribution is -0.870. The zero-order valence-corrected chi connectivity index (χ0v) is 42.6. The van der Waals surface area contributed by atoms with Crippen LogP contribution in [0.4, 0.5) is 0 Å². The molecule has 0 fully saturated rings. The Kier molecular flexibility index (Phi) is 45.0. The van der Waals surface area contributed by atoms with Gasteiger partial charge in [-0.05, 0) is 77.0 Å². The van der Waals surface area contributed by atoms with Crippen molar-refractivity contribution in [2.24, 2.45) is 0 Å². The van der Waals surface area contributed by atoms with Crippen LogP contribution >= 0.6 is 0 Å². The normalized spacial score (nSPS) is 13.7. The minimum atomic E-state index is -1.51. The molecule has 0 rings (SSSR count). The predicted octanol–water partition coefficient (Wildman–Crippen LogP) is 14.6. The first-order chi connectivity index (χ1) is 32.1. The number of esters is 2. The molecule has 0 aromatic carbocycles. The Hall–Kier alpha value is -3.79. The highest BCUT2D eigenvalue weighted by molar-refractivity contribution is 5.71. The molecular weight excluding hydrogens is 827 g/mol. The first-order valence-corrected chi connectivity index (χ1v) is 25.9. The van der Waals surface area contributed by atoms with Gasteiger partial charge >= 0.3 is 17.9 Å². The molecule has 2 atom stereocenters. The number of carbonyl (C=O) groups excluding carboxylic acids is 2. The van der Waals surface area contributed by atoms with Crippen molar-refractivity contribution in [2.75, 3.05) is 47.5 Å². The molecule has 0 amide bonds. The number of likely N-dealkylation sites (N-methyl/N-ethyl adjacent to an activating group) is 1. The highest BCUT2D eigenvalue weighted by Crippen LogP contribution is 2.14. The van der Waals surface area contributed by atoms with E-state index in [0.717, 1.165) is 96.3 Å². The van der Waals surface area contributed by atoms with Crippen LogP contribution < -0.4 is 0 Å². The molecule has 0 aromatic rings. The van der Waals surface area contributed by atoms with Crippen LogP contribution in [0.1, 0.15) is 187 Å². The quantitative estimate of drug-likeness (QED) is 0.0211. The zero-order valence-electron chi connectivity index (χ0n) is 42.6. The van der Waals surface area contributed by atoms with Gasteiger partial charge in [0.2, 0.25) is 0 Å². The van der Waals surface area contributed by atoms with Crippen molar-refractivity contribution in [1.82, 2.24) is 0 Å². The van der Waals surface area contributed by atoms with Crippen LogP contribution in [-0.4, -0.2) is 87.4 Å². The number of carbonyl (C=O) groups is 3. The maximum atomic E-state index is 12.8. The Bertz CT molecular complexity index is 1400. The van der Waals surface area contributed by atoms with Gasteiger partial charge in [-0.1, -0.05) is 195 Å². The van der Waals surface area contributed by atoms with E-state index in [1.165, 1.54) is 57.8 Å². The number of rotatable bonds is 46. The number of unbranched alkanes of at least 4 members (excludes halogenated alkanes) is 15. The van der Waals surface area contributed by atoms with Crippen LogP contribution in [0.5, 0.6) is 0 Å². The lowest BCUT2D eigenvalue weighted by atomic mass is 10.1. The van der Waals surface area contributed by atoms with Gasteiger partial charge in [-0.2, -0.15) is 0 Å². The molecule has 0 aliphatic carbocycles. The van der Waals surface area contributed by atoms with Crippen molar-refractivity contribution in [3.8, 4) is 0 Å². The number of quaternary nitrogens is 1. The van der Waals surface area contributed by atoms with Gasteiger partial charge in [0.05, 0.1) is 34.4 Å². The second-order valence-electron chi connectivity index (χ2n) is 18.1. The average Bonchev–Trinajstić information content (AvgIpc) is 3.28. The Morgan fingerprint density at radius 1 is 0.470 bits per heavy atom. The summed E-state index contributed by atoms with van der Waals surface area (Å²) in [5, 5.41) is 9.63. The number of hydrogen-bond donors (Lipinski definition) is 1. The summed E-state index contributed by atoms with van der Waals surface area (Å²) in [6.07, 6.45) is 60.7. The molecule has 0 heterocycles. The number of allylic oxidation sites excluding steroid dienone is 16. The molecule has 0 saturated heterocycles. The summed E-state index contributed by atoms with van der Waals surface area (Å²) in [7, 11) is 5.94. The smallest absolute Gasteiger partial charge is 0.361 e. The lowest BCUT2D eigenvalue weighted by Crippen LogP contribution is -2.40. The molecule has 9 heteroatoms. The summed E-state index contributed by atoms with van der Waals surface area (Å²) in [4.78, 5) is 37.1. The Balaban J connectivity index is 4.18. The zero-order chi connectivity index (χ0) is 48.4. The molecule has 0 spiro atoms. The maximum Gasteiger partial charge on any atom is 0.361 e. The number of nitrogens with zero attached hydrogens (tertiary/aromatic N) is 1. The molecule has 0 saturated carbocycles. The van der Waals surface area contributed by atoms with E-state index in [4.69, 9.17) is 18.9 Å². The van der Waals surface area contributed by atoms with Crippen molar-refractivity contribution in [1.29, 1.82) is 0 Å². The molecule has 2 unspecified atom stereocenters. The molecule has 0 aliphatic rings. The van der Waals surface area contributed by atoms with E-state index in [1.807, 2.05) is 21.1 Å². The minimum Gasteiger partial charge on any atom is -0.477 e. The van der Waals surface area contributed by atoms with Crippen LogP contribution in [0.15, 0.2) is 97.2 Å². The number of carboxylic acid groups (broad SMARTS) is 1. The van der Waals surface area contributed by atoms with Gasteiger partial charge in [-0.3, -0.25) is 9.59 Å². The Morgan fingerprint density at radius 2 is 0.864 bits per heavy atom. The van der Waals surface area contributed by atoms with Gasteiger partial charge in [-0.15, -0.1) is 0 Å². The third-order valence-corrected chi connectivity index (χ3v) is 10.6. The first kappa shape index (κ1) is 62.2. The van der Waals surface area contributed by atoms with Crippen molar-refractivity contribution < 1.29 is 42.9 Å². The molecule has 376 valence electrons. The topological polar surface area (TPSA) is 108 Å². The number of hydrogen-bond acceptors (Lipinski definition) is 7. The van der Waals surface area contributed by atoms with Crippen LogP contribution in [0.2, 0.25) is 0 Å². The standard InChI is InChI=1S/C57H95NO8/c1-6-8-10-12-14-16-17-18-19-20-21-22-23-24-25-26-27-28-29-30-31-32-33-34-35-36-37-38-39-40-42-44-46-48-55(60)66-53(52-65-57(56(61)62)63-50-49-58(3,4)5)51-64-54(59)47-45-43-41-15-13-11-9-7-2/h8,10,14,16,18-19,21-22,24-25,27-28,30-31,33-34,53,57H,6-7,9,11-13,15,17,20,23,26,29,32,35-52H2,1-5H3/p+1/b10-8-,16-14-,19-18-,22-21-,25-24-,28-27-,31-30-,34-33-. The lowest BCUT2D eigenvalue weighted by Gasteiger charge is -2.25. The van der Waals surface area contributed by atoms with E-state index < -0.39 is 24.3 Å². The van der Waals surface area contributed by atoms with Crippen molar-refractivity contribution in [3.63, 3.8) is 0 Å². The average molecular weight is 923 g/mol. The summed E-state index contributed by atoms with van der Waals surface area (Å²) in [5.74, 6) is -2.03. The first-order valence-electron chi connectivity index (χ1n) is 25.9. The number of carboxylic acids is 1. The van der Waals surface area contributed by atoms with Crippen LogP contribution in [0.25, 0.3) is 0 Å². The van der Waals surface area contributed by atoms with Crippen LogP contribution in [0, 0.1) is 0 Å². The third-order valence-electron chi connectivity index (χ3n) is 10.6. The molecule has 0 radical (unpaired) electrons. The van der Waals surface area contributed by atoms with Gasteiger partial charge in [0.15, 0.2) is 6.10 Å². The summed E-state index contributed by atoms with van der Waals surface area (Å²) >= 11 is 0. The van der Waals surface area contributed by atoms with E-state index in [9.17, 15) is 19.5 Å². The van der Waals surface area contributed by atoms with Crippen molar-refractivity contribution in [2.45, 2.75) is 200 Å². The van der Waals surface area contributed by atoms with Crippen molar-refractivity contribution >= 4 is 17.9 Å². The van der Waals surface area contributed by atoms with Gasteiger partial charge < -0.3 is 28.5 Å². The number of aliphatic carboxylic acids is 1. The molecule has 66 heavy (non-hydrogen) atoms. The van der Waals surface area contributed by atoms with Gasteiger partial charge in [-0.25, -0.2) is 4.79 Å². The fraction of sp³-hybridized carbons (Fsp3) is 0.667. The molecule has 1 N–H and O–H groups in total. The highest BCUT2D eigenvalue weighted by Gasteiger charge is 2.25. The highest BCUT2D eigenvalue weighted by atomic mass is 16.7. The maximum absolute atomic E-state index is 12.8. The fourth-order valence-corrected chi connectivity index (χ4v) is 6.62.